The second kappa shape index (κ2) is 7.44. The van der Waals surface area contributed by atoms with Crippen LogP contribution in [-0.2, 0) is 9.59 Å². The number of carbonyl (C=O) groups is 2. The second-order valence-corrected chi connectivity index (χ2v) is 4.15. The first-order valence-electron chi connectivity index (χ1n) is 5.37. The summed E-state index contributed by atoms with van der Waals surface area (Å²) >= 11 is 0. The zero-order valence-electron chi connectivity index (χ0n) is 10.1. The van der Waals surface area contributed by atoms with Crippen molar-refractivity contribution in [3.63, 3.8) is 0 Å². The Morgan fingerprint density at radius 3 is 0.950 bits per heavy atom. The molecule has 118 valence electrons. The normalized spacial score (nSPS) is 22.1. The third-order valence-electron chi connectivity index (χ3n) is 2.63. The van der Waals surface area contributed by atoms with Crippen molar-refractivity contribution in [3.8, 4) is 0 Å². The lowest BCUT2D eigenvalue weighted by molar-refractivity contribution is -0.173. The Morgan fingerprint density at radius 2 is 0.750 bits per heavy atom. The first-order valence-corrected chi connectivity index (χ1v) is 5.37. The third-order valence-corrected chi connectivity index (χ3v) is 2.63. The van der Waals surface area contributed by atoms with E-state index < -0.39 is 54.5 Å². The number of amides is 2. The van der Waals surface area contributed by atoms with Gasteiger partial charge >= 0.3 is 0 Å². The first-order chi connectivity index (χ1) is 9.02. The van der Waals surface area contributed by atoms with Crippen molar-refractivity contribution in [2.75, 3.05) is 0 Å². The standard InChI is InChI=1S/C9H18N2O9/c10-8(19)6(17)4(15)2(13)1(12)3(14)5(16)7(18)9(11)20/h1-7,12-18H,(H2,10,19)(H2,11,20). The third kappa shape index (κ3) is 4.35. The molecule has 6 unspecified atom stereocenters. The Labute approximate surface area is 112 Å². The summed E-state index contributed by atoms with van der Waals surface area (Å²) in [5.41, 5.74) is 9.29. The van der Waals surface area contributed by atoms with Crippen LogP contribution in [0.3, 0.4) is 0 Å². The molecule has 0 aliphatic carbocycles. The fourth-order valence-corrected chi connectivity index (χ4v) is 1.32. The van der Waals surface area contributed by atoms with Crippen LogP contribution in [0.5, 0.6) is 0 Å². The van der Waals surface area contributed by atoms with Crippen LogP contribution in [-0.4, -0.2) is 90.3 Å². The highest BCUT2D eigenvalue weighted by Gasteiger charge is 2.41. The molecule has 20 heavy (non-hydrogen) atoms. The maximum atomic E-state index is 10.6. The van der Waals surface area contributed by atoms with Crippen LogP contribution in [0.4, 0.5) is 0 Å². The van der Waals surface area contributed by atoms with Gasteiger partial charge in [0.2, 0.25) is 11.8 Å². The number of nitrogens with two attached hydrogens (primary N) is 2. The van der Waals surface area contributed by atoms with Gasteiger partial charge in [0.15, 0.2) is 12.2 Å². The van der Waals surface area contributed by atoms with Gasteiger partial charge in [-0.2, -0.15) is 0 Å². The van der Waals surface area contributed by atoms with Crippen LogP contribution in [0.1, 0.15) is 0 Å². The zero-order chi connectivity index (χ0) is 16.2. The lowest BCUT2D eigenvalue weighted by atomic mass is 9.94. The highest BCUT2D eigenvalue weighted by atomic mass is 16.4. The van der Waals surface area contributed by atoms with Gasteiger partial charge in [-0.1, -0.05) is 0 Å². The smallest absolute Gasteiger partial charge is 0.249 e. The number of aliphatic hydroxyl groups excluding tert-OH is 7. The molecule has 0 rings (SSSR count). The van der Waals surface area contributed by atoms with Gasteiger partial charge in [0.05, 0.1) is 0 Å². The van der Waals surface area contributed by atoms with Crippen LogP contribution in [0.25, 0.3) is 0 Å². The van der Waals surface area contributed by atoms with E-state index in [2.05, 4.69) is 11.5 Å². The molecule has 0 aromatic rings. The van der Waals surface area contributed by atoms with Crippen molar-refractivity contribution in [2.24, 2.45) is 11.5 Å². The molecule has 11 N–H and O–H groups in total. The van der Waals surface area contributed by atoms with E-state index in [4.69, 9.17) is 10.2 Å². The van der Waals surface area contributed by atoms with E-state index in [1.54, 1.807) is 0 Å². The van der Waals surface area contributed by atoms with Gasteiger partial charge in [0.1, 0.15) is 30.5 Å². The van der Waals surface area contributed by atoms with E-state index in [0.717, 1.165) is 0 Å². The molecule has 0 saturated heterocycles. The molecule has 0 fully saturated rings. The summed E-state index contributed by atoms with van der Waals surface area (Å²) in [5.74, 6) is -2.81. The van der Waals surface area contributed by atoms with Gasteiger partial charge in [-0.25, -0.2) is 0 Å². The van der Waals surface area contributed by atoms with E-state index in [9.17, 15) is 35.1 Å². The predicted octanol–water partition coefficient (Wildman–Crippen LogP) is -6.52. The first kappa shape index (κ1) is 18.7. The fraction of sp³-hybridized carbons (Fsp3) is 0.778. The summed E-state index contributed by atoms with van der Waals surface area (Å²) in [4.78, 5) is 21.2. The van der Waals surface area contributed by atoms with E-state index in [-0.39, 0.29) is 0 Å². The molecule has 11 heteroatoms. The van der Waals surface area contributed by atoms with Crippen LogP contribution in [0.15, 0.2) is 0 Å². The van der Waals surface area contributed by atoms with Gasteiger partial charge in [-0.3, -0.25) is 9.59 Å². The van der Waals surface area contributed by atoms with Crippen molar-refractivity contribution in [1.82, 2.24) is 0 Å². The molecule has 0 aliphatic rings. The van der Waals surface area contributed by atoms with Gasteiger partial charge in [0.25, 0.3) is 0 Å². The minimum absolute atomic E-state index is 1.41. The Hall–Kier alpha value is -1.34. The summed E-state index contributed by atoms with van der Waals surface area (Å²) in [5, 5.41) is 65.0. The maximum absolute atomic E-state index is 10.6. The molecular formula is C9H18N2O9. The van der Waals surface area contributed by atoms with Crippen molar-refractivity contribution in [1.29, 1.82) is 0 Å². The minimum Gasteiger partial charge on any atom is -0.387 e. The summed E-state index contributed by atoms with van der Waals surface area (Å²) < 4.78 is 0. The zero-order valence-corrected chi connectivity index (χ0v) is 10.1. The van der Waals surface area contributed by atoms with Crippen LogP contribution >= 0.6 is 0 Å². The van der Waals surface area contributed by atoms with Crippen LogP contribution in [0.2, 0.25) is 0 Å². The lowest BCUT2D eigenvalue weighted by Crippen LogP contribution is -2.57. The number of primary amides is 2. The monoisotopic (exact) mass is 298 g/mol. The molecule has 0 spiro atoms. The Kier molecular flexibility index (Phi) is 6.95. The molecule has 0 heterocycles. The van der Waals surface area contributed by atoms with Crippen molar-refractivity contribution < 1.29 is 45.3 Å². The molecule has 0 aromatic carbocycles. The molecule has 0 aromatic heterocycles. The van der Waals surface area contributed by atoms with Crippen molar-refractivity contribution >= 4 is 11.8 Å². The Bertz CT molecular complexity index is 320. The van der Waals surface area contributed by atoms with Crippen molar-refractivity contribution in [3.05, 3.63) is 0 Å². The highest BCUT2D eigenvalue weighted by Crippen LogP contribution is 2.13. The highest BCUT2D eigenvalue weighted by molar-refractivity contribution is 5.79. The number of carbonyl (C=O) groups excluding carboxylic acids is 2. The van der Waals surface area contributed by atoms with Crippen molar-refractivity contribution in [2.45, 2.75) is 42.7 Å². The fourth-order valence-electron chi connectivity index (χ4n) is 1.32. The Balaban J connectivity index is 4.83. The SMILES string of the molecule is NC(=O)C(O)C(O)C(O)C(O)C(O)C(O)C(O)C(N)=O. The molecule has 0 saturated carbocycles. The molecule has 11 nitrogen and oxygen atoms in total. The van der Waals surface area contributed by atoms with Crippen LogP contribution in [0, 0.1) is 0 Å². The van der Waals surface area contributed by atoms with E-state index >= 15 is 0 Å². The second-order valence-electron chi connectivity index (χ2n) is 4.15. The summed E-state index contributed by atoms with van der Waals surface area (Å²) in [6.45, 7) is 0. The average Bonchev–Trinajstić information content (AvgIpc) is 2.40. The molecule has 2 amide bonds. The lowest BCUT2D eigenvalue weighted by Gasteiger charge is -2.31. The molecule has 6 atom stereocenters. The summed E-state index contributed by atoms with van der Waals surface area (Å²) in [6.07, 6.45) is -16.0. The number of hydrogen-bond donors (Lipinski definition) is 9. The number of hydrogen-bond acceptors (Lipinski definition) is 9. The van der Waals surface area contributed by atoms with Gasteiger partial charge in [-0.05, 0) is 0 Å². The van der Waals surface area contributed by atoms with Crippen LogP contribution < -0.4 is 11.5 Å². The minimum atomic E-state index is -2.32. The molecule has 0 radical (unpaired) electrons. The van der Waals surface area contributed by atoms with E-state index in [1.165, 1.54) is 0 Å². The summed E-state index contributed by atoms with van der Waals surface area (Å²) in [7, 11) is 0. The Morgan fingerprint density at radius 1 is 0.550 bits per heavy atom. The number of rotatable bonds is 8. The summed E-state index contributed by atoms with van der Waals surface area (Å²) in [6, 6.07) is 0. The van der Waals surface area contributed by atoms with Gasteiger partial charge < -0.3 is 47.2 Å². The van der Waals surface area contributed by atoms with Gasteiger partial charge in [0, 0.05) is 0 Å². The molecule has 0 aliphatic heterocycles. The van der Waals surface area contributed by atoms with E-state index in [1.807, 2.05) is 0 Å². The molecule has 0 bridgehead atoms. The largest absolute Gasteiger partial charge is 0.387 e. The predicted molar refractivity (Wildman–Crippen MR) is 60.4 cm³/mol. The van der Waals surface area contributed by atoms with Gasteiger partial charge in [-0.15, -0.1) is 0 Å². The number of aliphatic hydroxyl groups is 7. The van der Waals surface area contributed by atoms with E-state index in [0.29, 0.717) is 0 Å². The maximum Gasteiger partial charge on any atom is 0.249 e. The quantitative estimate of drug-likeness (QED) is 0.207. The average molecular weight is 298 g/mol. The topological polar surface area (TPSA) is 228 Å². The molecular weight excluding hydrogens is 280 g/mol.